The Hall–Kier alpha value is -2.34. The van der Waals surface area contributed by atoms with Crippen LogP contribution in [0.3, 0.4) is 0 Å². The van der Waals surface area contributed by atoms with Gasteiger partial charge < -0.3 is 10.2 Å². The van der Waals surface area contributed by atoms with Crippen LogP contribution in [0.15, 0.2) is 30.6 Å². The van der Waals surface area contributed by atoms with Gasteiger partial charge in [-0.15, -0.1) is 0 Å². The van der Waals surface area contributed by atoms with E-state index < -0.39 is 0 Å². The highest BCUT2D eigenvalue weighted by atomic mass is 16.2. The second kappa shape index (κ2) is 6.65. The lowest BCUT2D eigenvalue weighted by atomic mass is 10.1. The molecule has 0 saturated carbocycles. The highest BCUT2D eigenvalue weighted by molar-refractivity contribution is 5.74. The van der Waals surface area contributed by atoms with Gasteiger partial charge in [0.1, 0.15) is 0 Å². The summed E-state index contributed by atoms with van der Waals surface area (Å²) in [7, 11) is 5.82. The lowest BCUT2D eigenvalue weighted by Crippen LogP contribution is -2.38. The topological polar surface area (TPSA) is 53.4 Å². The van der Waals surface area contributed by atoms with Crippen LogP contribution in [0.4, 0.5) is 4.79 Å². The molecule has 0 aliphatic carbocycles. The molecule has 0 spiro atoms. The first-order chi connectivity index (χ1) is 11.4. The van der Waals surface area contributed by atoms with Gasteiger partial charge in [-0.25, -0.2) is 4.79 Å². The first-order valence-corrected chi connectivity index (χ1v) is 8.22. The number of benzene rings is 1. The maximum absolute atomic E-state index is 12.4. The number of aromatic nitrogens is 2. The summed E-state index contributed by atoms with van der Waals surface area (Å²) in [4.78, 5) is 16.4. The van der Waals surface area contributed by atoms with Crippen molar-refractivity contribution in [1.29, 1.82) is 0 Å². The maximum atomic E-state index is 12.4. The van der Waals surface area contributed by atoms with Gasteiger partial charge in [0.25, 0.3) is 0 Å². The Morgan fingerprint density at radius 3 is 2.79 bits per heavy atom. The molecule has 0 unspecified atom stereocenters. The molecule has 0 bridgehead atoms. The van der Waals surface area contributed by atoms with Crippen molar-refractivity contribution in [2.24, 2.45) is 7.05 Å². The van der Waals surface area contributed by atoms with Gasteiger partial charge in [-0.2, -0.15) is 5.10 Å². The van der Waals surface area contributed by atoms with Crippen LogP contribution in [-0.2, 0) is 26.7 Å². The standard InChI is InChI=1S/C18H25N5O/c1-13(17-8-19-23(4)12-17)20-18(24)22(3)9-14-5-6-15-10-21(2)11-16(15)7-14/h5-8,12-13H,9-11H2,1-4H3,(H,20,24)/t13-/m1/s1. The van der Waals surface area contributed by atoms with E-state index in [0.29, 0.717) is 6.54 Å². The molecule has 0 fully saturated rings. The summed E-state index contributed by atoms with van der Waals surface area (Å²) in [6.07, 6.45) is 3.70. The average molecular weight is 327 g/mol. The Morgan fingerprint density at radius 1 is 1.33 bits per heavy atom. The first kappa shape index (κ1) is 16.5. The zero-order valence-corrected chi connectivity index (χ0v) is 14.8. The molecule has 0 radical (unpaired) electrons. The third-order valence-corrected chi connectivity index (χ3v) is 4.48. The summed E-state index contributed by atoms with van der Waals surface area (Å²) < 4.78 is 1.74. The predicted octanol–water partition coefficient (Wildman–Crippen LogP) is 2.27. The summed E-state index contributed by atoms with van der Waals surface area (Å²) in [5.74, 6) is 0. The molecule has 1 N–H and O–H groups in total. The largest absolute Gasteiger partial charge is 0.331 e. The number of rotatable bonds is 4. The minimum Gasteiger partial charge on any atom is -0.331 e. The minimum atomic E-state index is -0.0797. The number of carbonyl (C=O) groups is 1. The van der Waals surface area contributed by atoms with E-state index in [1.165, 1.54) is 11.1 Å². The van der Waals surface area contributed by atoms with E-state index in [2.05, 4.69) is 40.6 Å². The Balaban J connectivity index is 1.59. The van der Waals surface area contributed by atoms with Crippen molar-refractivity contribution in [3.63, 3.8) is 0 Å². The van der Waals surface area contributed by atoms with E-state index in [9.17, 15) is 4.79 Å². The zero-order valence-electron chi connectivity index (χ0n) is 14.8. The normalized spacial score (nSPS) is 15.2. The fraction of sp³-hybridized carbons (Fsp3) is 0.444. The molecule has 2 heterocycles. The van der Waals surface area contributed by atoms with Gasteiger partial charge in [0, 0.05) is 45.5 Å². The fourth-order valence-electron chi connectivity index (χ4n) is 3.10. The van der Waals surface area contributed by atoms with Crippen LogP contribution in [0.2, 0.25) is 0 Å². The Labute approximate surface area is 143 Å². The third-order valence-electron chi connectivity index (χ3n) is 4.48. The molecule has 2 aromatic rings. The van der Waals surface area contributed by atoms with Gasteiger partial charge in [-0.3, -0.25) is 9.58 Å². The molecule has 6 heteroatoms. The molecule has 3 rings (SSSR count). The van der Waals surface area contributed by atoms with Crippen LogP contribution in [0, 0.1) is 0 Å². The van der Waals surface area contributed by atoms with Gasteiger partial charge in [0.15, 0.2) is 0 Å². The molecular formula is C18H25N5O. The monoisotopic (exact) mass is 327 g/mol. The molecule has 128 valence electrons. The van der Waals surface area contributed by atoms with E-state index in [-0.39, 0.29) is 12.1 Å². The summed E-state index contributed by atoms with van der Waals surface area (Å²) in [5, 5.41) is 7.16. The number of hydrogen-bond acceptors (Lipinski definition) is 3. The van der Waals surface area contributed by atoms with Crippen molar-refractivity contribution in [3.05, 3.63) is 52.8 Å². The summed E-state index contributed by atoms with van der Waals surface area (Å²) in [5.41, 5.74) is 4.92. The second-order valence-electron chi connectivity index (χ2n) is 6.75. The molecule has 1 aliphatic rings. The molecule has 1 aromatic heterocycles. The molecule has 24 heavy (non-hydrogen) atoms. The number of fused-ring (bicyclic) bond motifs is 1. The van der Waals surface area contributed by atoms with Crippen molar-refractivity contribution in [1.82, 2.24) is 24.9 Å². The van der Waals surface area contributed by atoms with Gasteiger partial charge in [-0.1, -0.05) is 18.2 Å². The van der Waals surface area contributed by atoms with Gasteiger partial charge in [0.2, 0.25) is 0 Å². The highest BCUT2D eigenvalue weighted by Crippen LogP contribution is 2.23. The highest BCUT2D eigenvalue weighted by Gasteiger charge is 2.18. The van der Waals surface area contributed by atoms with Crippen LogP contribution < -0.4 is 5.32 Å². The third kappa shape index (κ3) is 3.59. The molecule has 0 saturated heterocycles. The molecular weight excluding hydrogens is 302 g/mol. The van der Waals surface area contributed by atoms with E-state index in [1.807, 2.05) is 27.2 Å². The van der Waals surface area contributed by atoms with Gasteiger partial charge in [0.05, 0.1) is 12.2 Å². The summed E-state index contributed by atoms with van der Waals surface area (Å²) >= 11 is 0. The van der Waals surface area contributed by atoms with Crippen LogP contribution in [0.1, 0.15) is 35.2 Å². The molecule has 1 atom stereocenters. The smallest absolute Gasteiger partial charge is 0.317 e. The molecule has 1 aromatic carbocycles. The minimum absolute atomic E-state index is 0.0673. The van der Waals surface area contributed by atoms with E-state index >= 15 is 0 Å². The lowest BCUT2D eigenvalue weighted by Gasteiger charge is -2.21. The van der Waals surface area contributed by atoms with Crippen LogP contribution in [0.25, 0.3) is 0 Å². The van der Waals surface area contributed by atoms with Crippen molar-refractivity contribution in [2.75, 3.05) is 14.1 Å². The van der Waals surface area contributed by atoms with Crippen molar-refractivity contribution >= 4 is 6.03 Å². The molecule has 1 aliphatic heterocycles. The second-order valence-corrected chi connectivity index (χ2v) is 6.75. The van der Waals surface area contributed by atoms with Gasteiger partial charge >= 0.3 is 6.03 Å². The van der Waals surface area contributed by atoms with Crippen molar-refractivity contribution in [2.45, 2.75) is 32.6 Å². The maximum Gasteiger partial charge on any atom is 0.317 e. The number of carbonyl (C=O) groups excluding carboxylic acids is 1. The number of urea groups is 1. The Morgan fingerprint density at radius 2 is 2.08 bits per heavy atom. The molecule has 6 nitrogen and oxygen atoms in total. The summed E-state index contributed by atoms with van der Waals surface area (Å²) in [6.45, 7) is 4.56. The Kier molecular flexibility index (Phi) is 4.57. The average Bonchev–Trinajstić information content (AvgIpc) is 3.11. The van der Waals surface area contributed by atoms with E-state index in [1.54, 1.807) is 15.8 Å². The van der Waals surface area contributed by atoms with Crippen LogP contribution >= 0.6 is 0 Å². The SMILES string of the molecule is C[C@@H](NC(=O)N(C)Cc1ccc2c(c1)CN(C)C2)c1cnn(C)c1. The predicted molar refractivity (Wildman–Crippen MR) is 93.2 cm³/mol. The number of amides is 2. The number of hydrogen-bond donors (Lipinski definition) is 1. The summed E-state index contributed by atoms with van der Waals surface area (Å²) in [6, 6.07) is 6.36. The van der Waals surface area contributed by atoms with Crippen molar-refractivity contribution in [3.8, 4) is 0 Å². The van der Waals surface area contributed by atoms with Crippen molar-refractivity contribution < 1.29 is 4.79 Å². The van der Waals surface area contributed by atoms with Crippen LogP contribution in [-0.4, -0.2) is 39.7 Å². The van der Waals surface area contributed by atoms with E-state index in [4.69, 9.17) is 0 Å². The van der Waals surface area contributed by atoms with Gasteiger partial charge in [-0.05, 0) is 30.7 Å². The molecule has 2 amide bonds. The number of aryl methyl sites for hydroxylation is 1. The zero-order chi connectivity index (χ0) is 17.3. The fourth-order valence-corrected chi connectivity index (χ4v) is 3.10. The van der Waals surface area contributed by atoms with E-state index in [0.717, 1.165) is 24.2 Å². The lowest BCUT2D eigenvalue weighted by molar-refractivity contribution is 0.203. The quantitative estimate of drug-likeness (QED) is 0.937. The first-order valence-electron chi connectivity index (χ1n) is 8.22. The Bertz CT molecular complexity index is 739. The number of nitrogens with one attached hydrogen (secondary N) is 1. The van der Waals surface area contributed by atoms with Crippen LogP contribution in [0.5, 0.6) is 0 Å². The number of nitrogens with zero attached hydrogens (tertiary/aromatic N) is 4.